The summed E-state index contributed by atoms with van der Waals surface area (Å²) in [5.41, 5.74) is 5.08. The molecule has 0 radical (unpaired) electrons. The van der Waals surface area contributed by atoms with Crippen molar-refractivity contribution in [2.75, 3.05) is 5.32 Å². The number of anilines is 1. The van der Waals surface area contributed by atoms with Gasteiger partial charge >= 0.3 is 0 Å². The number of aryl methyl sites for hydroxylation is 2. The lowest BCUT2D eigenvalue weighted by Crippen LogP contribution is -2.30. The molecule has 0 fully saturated rings. The van der Waals surface area contributed by atoms with Crippen LogP contribution in [0.5, 0.6) is 17.4 Å². The largest absolute Gasteiger partial charge is 0.481 e. The normalized spacial score (nSPS) is 11.6. The summed E-state index contributed by atoms with van der Waals surface area (Å²) in [6.07, 6.45) is -0.703. The molecular weight excluding hydrogens is 474 g/mol. The molecule has 0 spiro atoms. The molecule has 1 atom stereocenters. The monoisotopic (exact) mass is 503 g/mol. The number of nitrogens with one attached hydrogen (secondary N) is 2. The minimum Gasteiger partial charge on any atom is -0.481 e. The number of aromatic nitrogens is 2. The van der Waals surface area contributed by atoms with Gasteiger partial charge in [-0.3, -0.25) is 4.79 Å². The van der Waals surface area contributed by atoms with E-state index in [1.54, 1.807) is 6.92 Å². The number of ether oxygens (including phenoxy) is 2. The summed E-state index contributed by atoms with van der Waals surface area (Å²) in [4.78, 5) is 21.4. The molecule has 1 heterocycles. The molecule has 6 heteroatoms. The van der Waals surface area contributed by atoms with Gasteiger partial charge in [-0.1, -0.05) is 84.4 Å². The predicted molar refractivity (Wildman–Crippen MR) is 151 cm³/mol. The number of carbonyl (C=O) groups is 1. The van der Waals surface area contributed by atoms with E-state index in [0.717, 1.165) is 22.3 Å². The molecule has 2 N–H and O–H groups in total. The van der Waals surface area contributed by atoms with Crippen molar-refractivity contribution in [3.63, 3.8) is 0 Å². The van der Waals surface area contributed by atoms with Crippen LogP contribution in [0.1, 0.15) is 18.1 Å². The standard InChI is InChI=1S/C32H29N3O3/c1-21-18-19-28(22(2)20-21)37-23(3)31(36)33-27-17-11-10-16-26(27)29-32(38-25-14-8-5-9-15-25)35-30(34-29)24-12-6-4-7-13-24/h4-20,23H,1-3H3,(H,33,36)(H,34,35). The maximum atomic E-state index is 13.2. The molecule has 1 amide bonds. The smallest absolute Gasteiger partial charge is 0.265 e. The Hall–Kier alpha value is -4.84. The van der Waals surface area contributed by atoms with Gasteiger partial charge in [0.25, 0.3) is 5.91 Å². The first-order chi connectivity index (χ1) is 18.5. The molecular formula is C32H29N3O3. The first-order valence-electron chi connectivity index (χ1n) is 12.5. The Morgan fingerprint density at radius 2 is 1.55 bits per heavy atom. The maximum absolute atomic E-state index is 13.2. The summed E-state index contributed by atoms with van der Waals surface area (Å²) < 4.78 is 12.2. The zero-order valence-electron chi connectivity index (χ0n) is 21.6. The molecule has 1 unspecified atom stereocenters. The van der Waals surface area contributed by atoms with Gasteiger partial charge in [0, 0.05) is 11.1 Å². The zero-order valence-corrected chi connectivity index (χ0v) is 21.6. The van der Waals surface area contributed by atoms with E-state index in [0.29, 0.717) is 34.6 Å². The Bertz CT molecular complexity index is 1550. The molecule has 0 saturated heterocycles. The highest BCUT2D eigenvalue weighted by atomic mass is 16.5. The van der Waals surface area contributed by atoms with Crippen LogP contribution in [-0.2, 0) is 4.79 Å². The molecule has 1 aromatic heterocycles. The molecule has 38 heavy (non-hydrogen) atoms. The van der Waals surface area contributed by atoms with Crippen LogP contribution in [-0.4, -0.2) is 22.0 Å². The van der Waals surface area contributed by atoms with Crippen molar-refractivity contribution in [2.24, 2.45) is 0 Å². The lowest BCUT2D eigenvalue weighted by Gasteiger charge is -2.18. The Kier molecular flexibility index (Phi) is 7.22. The van der Waals surface area contributed by atoms with Gasteiger partial charge in [0.15, 0.2) is 6.10 Å². The third-order valence-corrected chi connectivity index (χ3v) is 6.13. The van der Waals surface area contributed by atoms with Crippen LogP contribution in [0.15, 0.2) is 103 Å². The van der Waals surface area contributed by atoms with Crippen molar-refractivity contribution in [1.29, 1.82) is 0 Å². The highest BCUT2D eigenvalue weighted by molar-refractivity contribution is 5.98. The lowest BCUT2D eigenvalue weighted by molar-refractivity contribution is -0.122. The molecule has 6 nitrogen and oxygen atoms in total. The van der Waals surface area contributed by atoms with E-state index in [4.69, 9.17) is 14.5 Å². The number of carbonyl (C=O) groups excluding carboxylic acids is 1. The van der Waals surface area contributed by atoms with Gasteiger partial charge in [-0.2, -0.15) is 4.98 Å². The number of nitrogens with zero attached hydrogens (tertiary/aromatic N) is 1. The Morgan fingerprint density at radius 1 is 0.868 bits per heavy atom. The highest BCUT2D eigenvalue weighted by Crippen LogP contribution is 2.37. The molecule has 0 saturated carbocycles. The van der Waals surface area contributed by atoms with Crippen molar-refractivity contribution >= 4 is 11.6 Å². The van der Waals surface area contributed by atoms with Gasteiger partial charge < -0.3 is 19.8 Å². The molecule has 190 valence electrons. The van der Waals surface area contributed by atoms with Gasteiger partial charge in [0.2, 0.25) is 5.88 Å². The third-order valence-electron chi connectivity index (χ3n) is 6.13. The number of H-pyrrole nitrogens is 1. The van der Waals surface area contributed by atoms with E-state index in [1.165, 1.54) is 0 Å². The molecule has 5 aromatic rings. The number of rotatable bonds is 8. The van der Waals surface area contributed by atoms with Crippen LogP contribution in [0.4, 0.5) is 5.69 Å². The van der Waals surface area contributed by atoms with Gasteiger partial charge in [0.05, 0.1) is 5.69 Å². The number of imidazole rings is 1. The van der Waals surface area contributed by atoms with E-state index in [9.17, 15) is 4.79 Å². The number of para-hydroxylation sites is 2. The second-order valence-electron chi connectivity index (χ2n) is 9.11. The quantitative estimate of drug-likeness (QED) is 0.229. The number of hydrogen-bond acceptors (Lipinski definition) is 4. The molecule has 4 aromatic carbocycles. The molecule has 0 aliphatic carbocycles. The van der Waals surface area contributed by atoms with E-state index in [1.807, 2.05) is 117 Å². The van der Waals surface area contributed by atoms with E-state index < -0.39 is 6.10 Å². The fraction of sp³-hybridized carbons (Fsp3) is 0.125. The van der Waals surface area contributed by atoms with Crippen LogP contribution >= 0.6 is 0 Å². The maximum Gasteiger partial charge on any atom is 0.265 e. The Balaban J connectivity index is 1.46. The third kappa shape index (κ3) is 5.60. The Morgan fingerprint density at radius 3 is 2.29 bits per heavy atom. The average Bonchev–Trinajstić information content (AvgIpc) is 3.35. The summed E-state index contributed by atoms with van der Waals surface area (Å²) in [6, 6.07) is 32.8. The number of aromatic amines is 1. The highest BCUT2D eigenvalue weighted by Gasteiger charge is 2.21. The first-order valence-corrected chi connectivity index (χ1v) is 12.5. The number of amides is 1. The van der Waals surface area contributed by atoms with Crippen LogP contribution in [0.25, 0.3) is 22.6 Å². The fourth-order valence-electron chi connectivity index (χ4n) is 4.17. The molecule has 0 bridgehead atoms. The summed E-state index contributed by atoms with van der Waals surface area (Å²) in [7, 11) is 0. The van der Waals surface area contributed by atoms with Gasteiger partial charge in [0.1, 0.15) is 23.0 Å². The zero-order chi connectivity index (χ0) is 26.5. The first kappa shape index (κ1) is 24.8. The van der Waals surface area contributed by atoms with Crippen LogP contribution in [0.3, 0.4) is 0 Å². The van der Waals surface area contributed by atoms with Crippen molar-refractivity contribution in [1.82, 2.24) is 9.97 Å². The van der Waals surface area contributed by atoms with Crippen molar-refractivity contribution in [3.05, 3.63) is 114 Å². The summed E-state index contributed by atoms with van der Waals surface area (Å²) in [6.45, 7) is 5.74. The molecule has 5 rings (SSSR count). The SMILES string of the molecule is Cc1ccc(OC(C)C(=O)Nc2ccccc2-c2[nH]c(-c3ccccc3)nc2Oc2ccccc2)c(C)c1. The van der Waals surface area contributed by atoms with Crippen molar-refractivity contribution < 1.29 is 14.3 Å². The van der Waals surface area contributed by atoms with Crippen LogP contribution < -0.4 is 14.8 Å². The van der Waals surface area contributed by atoms with E-state index in [2.05, 4.69) is 10.3 Å². The van der Waals surface area contributed by atoms with Crippen LogP contribution in [0, 0.1) is 13.8 Å². The summed E-state index contributed by atoms with van der Waals surface area (Å²) in [5.74, 6) is 2.17. The molecule has 0 aliphatic heterocycles. The van der Waals surface area contributed by atoms with E-state index in [-0.39, 0.29) is 5.91 Å². The predicted octanol–water partition coefficient (Wildman–Crippen LogP) is 7.56. The second-order valence-corrected chi connectivity index (χ2v) is 9.11. The van der Waals surface area contributed by atoms with Crippen LogP contribution in [0.2, 0.25) is 0 Å². The van der Waals surface area contributed by atoms with Gasteiger partial charge in [-0.15, -0.1) is 0 Å². The summed E-state index contributed by atoms with van der Waals surface area (Å²) >= 11 is 0. The number of hydrogen-bond donors (Lipinski definition) is 2. The minimum atomic E-state index is -0.703. The molecule has 0 aliphatic rings. The summed E-state index contributed by atoms with van der Waals surface area (Å²) in [5, 5.41) is 3.03. The fourth-order valence-corrected chi connectivity index (χ4v) is 4.17. The van der Waals surface area contributed by atoms with E-state index >= 15 is 0 Å². The van der Waals surface area contributed by atoms with Crippen molar-refractivity contribution in [2.45, 2.75) is 26.9 Å². The van der Waals surface area contributed by atoms with Gasteiger partial charge in [-0.25, -0.2) is 0 Å². The second kappa shape index (κ2) is 11.0. The van der Waals surface area contributed by atoms with Gasteiger partial charge in [-0.05, 0) is 50.6 Å². The topological polar surface area (TPSA) is 76.2 Å². The Labute approximate surface area is 222 Å². The number of benzene rings is 4. The van der Waals surface area contributed by atoms with Crippen molar-refractivity contribution in [3.8, 4) is 40.0 Å². The lowest BCUT2D eigenvalue weighted by atomic mass is 10.1. The minimum absolute atomic E-state index is 0.259. The average molecular weight is 504 g/mol.